The Labute approximate surface area is 92.8 Å². The molecule has 0 unspecified atom stereocenters. The summed E-state index contributed by atoms with van der Waals surface area (Å²) in [5, 5.41) is 8.40. The van der Waals surface area contributed by atoms with Crippen LogP contribution in [-0.4, -0.2) is 36.0 Å². The van der Waals surface area contributed by atoms with Gasteiger partial charge in [-0.3, -0.25) is 9.59 Å². The van der Waals surface area contributed by atoms with Crippen LogP contribution in [0.4, 0.5) is 0 Å². The molecule has 0 aromatic heterocycles. The molecule has 0 saturated heterocycles. The average molecular weight is 230 g/mol. The van der Waals surface area contributed by atoms with Crippen LogP contribution in [-0.2, 0) is 23.9 Å². The Morgan fingerprint density at radius 3 is 2.38 bits per heavy atom. The third kappa shape index (κ3) is 6.72. The summed E-state index contributed by atoms with van der Waals surface area (Å²) < 4.78 is 9.08. The maximum absolute atomic E-state index is 11.2. The zero-order valence-corrected chi connectivity index (χ0v) is 9.19. The fraction of sp³-hybridized carbons (Fsp3) is 0.500. The lowest BCUT2D eigenvalue weighted by molar-refractivity contribution is -0.157. The minimum Gasteiger partial charge on any atom is -0.498 e. The number of carbonyl (C=O) groups excluding carboxylic acids is 3. The van der Waals surface area contributed by atoms with Crippen molar-refractivity contribution in [3.63, 3.8) is 0 Å². The van der Waals surface area contributed by atoms with Crippen LogP contribution in [0.1, 0.15) is 20.3 Å². The zero-order valence-electron chi connectivity index (χ0n) is 9.19. The summed E-state index contributed by atoms with van der Waals surface area (Å²) in [7, 11) is 0. The number of esters is 2. The quantitative estimate of drug-likeness (QED) is 0.226. The Morgan fingerprint density at radius 1 is 1.25 bits per heavy atom. The average Bonchev–Trinajstić information content (AvgIpc) is 2.16. The van der Waals surface area contributed by atoms with Gasteiger partial charge >= 0.3 is 11.9 Å². The first kappa shape index (κ1) is 14.3. The lowest BCUT2D eigenvalue weighted by Gasteiger charge is -2.02. The van der Waals surface area contributed by atoms with Crippen LogP contribution in [0.3, 0.4) is 0 Å². The first-order valence-corrected chi connectivity index (χ1v) is 4.61. The predicted molar refractivity (Wildman–Crippen MR) is 53.2 cm³/mol. The smallest absolute Gasteiger partial charge is 0.344 e. The fourth-order valence-corrected chi connectivity index (χ4v) is 0.708. The number of aliphatic hydroxyl groups is 1. The molecule has 0 spiro atoms. The summed E-state index contributed by atoms with van der Waals surface area (Å²) in [6.07, 6.45) is 0.649. The Bertz CT molecular complexity index is 304. The van der Waals surface area contributed by atoms with Crippen LogP contribution in [0.25, 0.3) is 0 Å². The van der Waals surface area contributed by atoms with E-state index >= 15 is 0 Å². The predicted octanol–water partition coefficient (Wildman–Crippen LogP) is -0.0520. The normalized spacial score (nSPS) is 10.8. The van der Waals surface area contributed by atoms with Crippen molar-refractivity contribution in [2.75, 3.05) is 13.2 Å². The number of ketones is 1. The molecule has 0 amide bonds. The van der Waals surface area contributed by atoms with Crippen LogP contribution in [0.5, 0.6) is 0 Å². The molecular weight excluding hydrogens is 216 g/mol. The van der Waals surface area contributed by atoms with Crippen molar-refractivity contribution < 1.29 is 29.0 Å². The molecular formula is C10H14O6. The summed E-state index contributed by atoms with van der Waals surface area (Å²) in [6, 6.07) is 0. The van der Waals surface area contributed by atoms with E-state index in [2.05, 4.69) is 4.74 Å². The van der Waals surface area contributed by atoms with Gasteiger partial charge in [-0.25, -0.2) is 4.79 Å². The van der Waals surface area contributed by atoms with Crippen LogP contribution < -0.4 is 0 Å². The van der Waals surface area contributed by atoms with Crippen LogP contribution in [0, 0.1) is 0 Å². The van der Waals surface area contributed by atoms with Gasteiger partial charge in [-0.2, -0.15) is 0 Å². The molecule has 16 heavy (non-hydrogen) atoms. The van der Waals surface area contributed by atoms with E-state index in [9.17, 15) is 14.4 Å². The third-order valence-corrected chi connectivity index (χ3v) is 1.39. The number of aliphatic hydroxyl groups excluding tert-OH is 1. The minimum atomic E-state index is -0.896. The summed E-state index contributed by atoms with van der Waals surface area (Å²) in [5.41, 5.74) is 0.0744. The highest BCUT2D eigenvalue weighted by Gasteiger charge is 2.14. The van der Waals surface area contributed by atoms with Gasteiger partial charge in [0.15, 0.2) is 0 Å². The number of ether oxygens (including phenoxy) is 2. The first-order valence-electron chi connectivity index (χ1n) is 4.61. The highest BCUT2D eigenvalue weighted by Crippen LogP contribution is 1.99. The van der Waals surface area contributed by atoms with Gasteiger partial charge in [0.25, 0.3) is 0 Å². The van der Waals surface area contributed by atoms with Gasteiger partial charge in [-0.1, -0.05) is 0 Å². The van der Waals surface area contributed by atoms with Crippen molar-refractivity contribution in [1.29, 1.82) is 0 Å². The Morgan fingerprint density at radius 2 is 1.88 bits per heavy atom. The molecule has 6 heteroatoms. The molecule has 0 aromatic rings. The van der Waals surface area contributed by atoms with Gasteiger partial charge in [0.2, 0.25) is 0 Å². The van der Waals surface area contributed by atoms with E-state index in [1.54, 1.807) is 0 Å². The SMILES string of the molecule is CC(=O)CC(=O)OC(=O)C(C)=COCCO. The summed E-state index contributed by atoms with van der Waals surface area (Å²) in [5.74, 6) is -2.15. The number of hydrogen-bond donors (Lipinski definition) is 1. The summed E-state index contributed by atoms with van der Waals surface area (Å²) in [6.45, 7) is 2.48. The Kier molecular flexibility index (Phi) is 6.78. The molecule has 0 saturated carbocycles. The number of carbonyl (C=O) groups is 3. The summed E-state index contributed by atoms with van der Waals surface area (Å²) in [4.78, 5) is 32.6. The van der Waals surface area contributed by atoms with E-state index in [1.165, 1.54) is 13.8 Å². The molecule has 0 bridgehead atoms. The highest BCUT2D eigenvalue weighted by molar-refractivity contribution is 6.01. The molecule has 0 rings (SSSR count). The van der Waals surface area contributed by atoms with Crippen molar-refractivity contribution in [3.05, 3.63) is 11.8 Å². The molecule has 0 fully saturated rings. The zero-order chi connectivity index (χ0) is 12.6. The van der Waals surface area contributed by atoms with Crippen molar-refractivity contribution >= 4 is 17.7 Å². The third-order valence-electron chi connectivity index (χ3n) is 1.39. The second-order valence-corrected chi connectivity index (χ2v) is 3.04. The van der Waals surface area contributed by atoms with Crippen LogP contribution in [0.2, 0.25) is 0 Å². The Hall–Kier alpha value is -1.69. The van der Waals surface area contributed by atoms with E-state index in [4.69, 9.17) is 9.84 Å². The van der Waals surface area contributed by atoms with Gasteiger partial charge < -0.3 is 14.6 Å². The lowest BCUT2D eigenvalue weighted by atomic mass is 10.3. The largest absolute Gasteiger partial charge is 0.498 e. The molecule has 0 radical (unpaired) electrons. The monoisotopic (exact) mass is 230 g/mol. The van der Waals surface area contributed by atoms with Crippen LogP contribution in [0.15, 0.2) is 11.8 Å². The van der Waals surface area contributed by atoms with E-state index in [0.717, 1.165) is 6.26 Å². The van der Waals surface area contributed by atoms with Gasteiger partial charge in [-0.15, -0.1) is 0 Å². The van der Waals surface area contributed by atoms with Crippen molar-refractivity contribution in [3.8, 4) is 0 Å². The van der Waals surface area contributed by atoms with Crippen molar-refractivity contribution in [1.82, 2.24) is 0 Å². The molecule has 1 N–H and O–H groups in total. The van der Waals surface area contributed by atoms with Gasteiger partial charge in [0, 0.05) is 0 Å². The molecule has 0 aliphatic heterocycles. The van der Waals surface area contributed by atoms with E-state index in [-0.39, 0.29) is 24.6 Å². The van der Waals surface area contributed by atoms with E-state index in [1.807, 2.05) is 0 Å². The highest BCUT2D eigenvalue weighted by atomic mass is 16.6. The second-order valence-electron chi connectivity index (χ2n) is 3.04. The standard InChI is InChI=1S/C10H14O6/c1-7(6-15-4-3-11)10(14)16-9(13)5-8(2)12/h6,11H,3-5H2,1-2H3. The van der Waals surface area contributed by atoms with E-state index < -0.39 is 18.4 Å². The fourth-order valence-electron chi connectivity index (χ4n) is 0.708. The van der Waals surface area contributed by atoms with Crippen molar-refractivity contribution in [2.24, 2.45) is 0 Å². The molecule has 0 aliphatic carbocycles. The number of rotatable bonds is 6. The summed E-state index contributed by atoms with van der Waals surface area (Å²) >= 11 is 0. The maximum atomic E-state index is 11.2. The van der Waals surface area contributed by atoms with Gasteiger partial charge in [-0.05, 0) is 13.8 Å². The van der Waals surface area contributed by atoms with Gasteiger partial charge in [0.1, 0.15) is 18.8 Å². The van der Waals surface area contributed by atoms with Gasteiger partial charge in [0.05, 0.1) is 18.4 Å². The molecule has 90 valence electrons. The molecule has 0 aromatic carbocycles. The van der Waals surface area contributed by atoms with E-state index in [0.29, 0.717) is 0 Å². The van der Waals surface area contributed by atoms with Crippen molar-refractivity contribution in [2.45, 2.75) is 20.3 Å². The topological polar surface area (TPSA) is 89.9 Å². The van der Waals surface area contributed by atoms with Crippen LogP contribution >= 0.6 is 0 Å². The lowest BCUT2D eigenvalue weighted by Crippen LogP contribution is -2.15. The number of hydrogen-bond acceptors (Lipinski definition) is 6. The maximum Gasteiger partial charge on any atom is 0.344 e. The second kappa shape index (κ2) is 7.58. The first-order chi connectivity index (χ1) is 7.47. The molecule has 0 aliphatic rings. The Balaban J connectivity index is 4.09. The number of Topliss-reactive ketones (excluding diaryl/α,β-unsaturated/α-hetero) is 1. The molecule has 0 heterocycles. The minimum absolute atomic E-state index is 0.0476. The molecule has 0 atom stereocenters. The molecule has 6 nitrogen and oxygen atoms in total.